The van der Waals surface area contributed by atoms with Crippen molar-refractivity contribution in [2.45, 2.75) is 32.7 Å². The molecular formula is C18H22N8. The Hall–Kier alpha value is -3.03. The molecule has 0 atom stereocenters. The van der Waals surface area contributed by atoms with Crippen LogP contribution in [-0.2, 0) is 0 Å². The van der Waals surface area contributed by atoms with Gasteiger partial charge in [-0.2, -0.15) is 5.10 Å². The first-order valence-electron chi connectivity index (χ1n) is 8.83. The first-order valence-corrected chi connectivity index (χ1v) is 8.83. The topological polar surface area (TPSA) is 84.7 Å². The summed E-state index contributed by atoms with van der Waals surface area (Å²) in [6.45, 7) is 5.84. The molecule has 3 aromatic heterocycles. The van der Waals surface area contributed by atoms with Crippen LogP contribution >= 0.6 is 0 Å². The third-order valence-corrected chi connectivity index (χ3v) is 4.53. The van der Waals surface area contributed by atoms with Crippen molar-refractivity contribution in [3.63, 3.8) is 0 Å². The van der Waals surface area contributed by atoms with Gasteiger partial charge in [-0.15, -0.1) is 0 Å². The minimum absolute atomic E-state index is 0.361. The normalized spacial score (nSPS) is 15.2. The van der Waals surface area contributed by atoms with E-state index in [0.717, 1.165) is 54.9 Å². The van der Waals surface area contributed by atoms with Crippen LogP contribution < -0.4 is 10.2 Å². The molecule has 8 nitrogen and oxygen atoms in total. The molecule has 4 heterocycles. The van der Waals surface area contributed by atoms with Gasteiger partial charge in [-0.25, -0.2) is 19.6 Å². The molecule has 26 heavy (non-hydrogen) atoms. The highest BCUT2D eigenvalue weighted by Crippen LogP contribution is 2.19. The van der Waals surface area contributed by atoms with Crippen LogP contribution in [0.4, 0.5) is 11.8 Å². The number of piperidine rings is 1. The van der Waals surface area contributed by atoms with Gasteiger partial charge in [0.25, 0.3) is 0 Å². The zero-order valence-electron chi connectivity index (χ0n) is 15.0. The van der Waals surface area contributed by atoms with Gasteiger partial charge in [-0.3, -0.25) is 4.98 Å². The van der Waals surface area contributed by atoms with E-state index in [1.807, 2.05) is 30.7 Å². The van der Waals surface area contributed by atoms with Crippen LogP contribution in [0, 0.1) is 13.8 Å². The summed E-state index contributed by atoms with van der Waals surface area (Å²) >= 11 is 0. The number of nitrogens with zero attached hydrogens (tertiary/aromatic N) is 7. The van der Waals surface area contributed by atoms with Crippen molar-refractivity contribution in [1.82, 2.24) is 29.7 Å². The molecule has 0 radical (unpaired) electrons. The molecule has 134 valence electrons. The maximum Gasteiger partial charge on any atom is 0.225 e. The van der Waals surface area contributed by atoms with Gasteiger partial charge in [-0.05, 0) is 38.8 Å². The van der Waals surface area contributed by atoms with E-state index in [9.17, 15) is 0 Å². The van der Waals surface area contributed by atoms with E-state index in [4.69, 9.17) is 0 Å². The average molecular weight is 350 g/mol. The largest absolute Gasteiger partial charge is 0.366 e. The molecule has 8 heteroatoms. The number of hydrogen-bond acceptors (Lipinski definition) is 7. The summed E-state index contributed by atoms with van der Waals surface area (Å²) in [5.74, 6) is 2.32. The zero-order valence-corrected chi connectivity index (χ0v) is 15.0. The third-order valence-electron chi connectivity index (χ3n) is 4.53. The van der Waals surface area contributed by atoms with Crippen molar-refractivity contribution < 1.29 is 0 Å². The molecule has 3 aromatic rings. The van der Waals surface area contributed by atoms with Crippen LogP contribution in [0.3, 0.4) is 0 Å². The summed E-state index contributed by atoms with van der Waals surface area (Å²) in [5.41, 5.74) is 2.02. The lowest BCUT2D eigenvalue weighted by Gasteiger charge is -2.32. The summed E-state index contributed by atoms with van der Waals surface area (Å²) in [5, 5.41) is 7.98. The Bertz CT molecular complexity index is 868. The number of aryl methyl sites for hydroxylation is 2. The molecule has 1 N–H and O–H groups in total. The van der Waals surface area contributed by atoms with E-state index in [0.29, 0.717) is 6.04 Å². The van der Waals surface area contributed by atoms with Gasteiger partial charge < -0.3 is 10.2 Å². The van der Waals surface area contributed by atoms with Crippen molar-refractivity contribution in [2.24, 2.45) is 0 Å². The Morgan fingerprint density at radius 2 is 1.85 bits per heavy atom. The molecule has 1 aliphatic heterocycles. The lowest BCUT2D eigenvalue weighted by atomic mass is 10.1. The van der Waals surface area contributed by atoms with Gasteiger partial charge >= 0.3 is 0 Å². The Morgan fingerprint density at radius 3 is 2.54 bits per heavy atom. The zero-order chi connectivity index (χ0) is 17.9. The minimum atomic E-state index is 0.361. The molecule has 1 fully saturated rings. The van der Waals surface area contributed by atoms with Crippen LogP contribution in [0.25, 0.3) is 5.82 Å². The van der Waals surface area contributed by atoms with Gasteiger partial charge in [0.2, 0.25) is 5.95 Å². The number of hydrogen-bond donors (Lipinski definition) is 1. The van der Waals surface area contributed by atoms with Crippen molar-refractivity contribution in [2.75, 3.05) is 23.3 Å². The van der Waals surface area contributed by atoms with Gasteiger partial charge in [0.15, 0.2) is 5.82 Å². The van der Waals surface area contributed by atoms with E-state index >= 15 is 0 Å². The third kappa shape index (κ3) is 3.49. The smallest absolute Gasteiger partial charge is 0.225 e. The molecule has 0 aliphatic carbocycles. The monoisotopic (exact) mass is 350 g/mol. The van der Waals surface area contributed by atoms with Crippen LogP contribution in [0.5, 0.6) is 0 Å². The number of aromatic nitrogens is 6. The molecule has 0 aromatic carbocycles. The number of rotatable bonds is 4. The molecule has 0 unspecified atom stereocenters. The predicted molar refractivity (Wildman–Crippen MR) is 99.5 cm³/mol. The fourth-order valence-corrected chi connectivity index (χ4v) is 3.28. The van der Waals surface area contributed by atoms with Crippen molar-refractivity contribution in [1.29, 1.82) is 0 Å². The van der Waals surface area contributed by atoms with E-state index in [-0.39, 0.29) is 0 Å². The molecule has 0 saturated carbocycles. The quantitative estimate of drug-likeness (QED) is 0.772. The Kier molecular flexibility index (Phi) is 4.47. The van der Waals surface area contributed by atoms with E-state index in [2.05, 4.69) is 35.3 Å². The molecular weight excluding hydrogens is 328 g/mol. The van der Waals surface area contributed by atoms with Gasteiger partial charge in [0, 0.05) is 37.2 Å². The van der Waals surface area contributed by atoms with Crippen LogP contribution in [-0.4, -0.2) is 48.8 Å². The second kappa shape index (κ2) is 7.07. The Labute approximate surface area is 152 Å². The summed E-state index contributed by atoms with van der Waals surface area (Å²) in [6, 6.07) is 4.23. The lowest BCUT2D eigenvalue weighted by molar-refractivity contribution is 0.518. The van der Waals surface area contributed by atoms with Crippen LogP contribution in [0.1, 0.15) is 24.2 Å². The van der Waals surface area contributed by atoms with Crippen molar-refractivity contribution in [3.05, 3.63) is 48.3 Å². The summed E-state index contributed by atoms with van der Waals surface area (Å²) in [6.07, 6.45) is 9.08. The second-order valence-corrected chi connectivity index (χ2v) is 6.56. The SMILES string of the molecule is Cc1cc(C)n(-c2cncc(NC3CCN(c4ncccn4)CC3)n2)n1. The maximum atomic E-state index is 4.68. The second-order valence-electron chi connectivity index (χ2n) is 6.56. The molecule has 1 aliphatic rings. The first kappa shape index (κ1) is 16.4. The summed E-state index contributed by atoms with van der Waals surface area (Å²) < 4.78 is 1.82. The Balaban J connectivity index is 1.41. The average Bonchev–Trinajstić information content (AvgIpc) is 3.01. The van der Waals surface area contributed by atoms with Gasteiger partial charge in [-0.1, -0.05) is 0 Å². The van der Waals surface area contributed by atoms with E-state index in [1.54, 1.807) is 24.8 Å². The summed E-state index contributed by atoms with van der Waals surface area (Å²) in [4.78, 5) is 19.9. The number of nitrogens with one attached hydrogen (secondary N) is 1. The minimum Gasteiger partial charge on any atom is -0.366 e. The molecule has 0 bridgehead atoms. The lowest BCUT2D eigenvalue weighted by Crippen LogP contribution is -2.40. The molecule has 4 rings (SSSR count). The molecule has 0 amide bonds. The van der Waals surface area contributed by atoms with Crippen LogP contribution in [0.2, 0.25) is 0 Å². The molecule has 0 spiro atoms. The molecule has 1 saturated heterocycles. The predicted octanol–water partition coefficient (Wildman–Crippen LogP) is 2.15. The summed E-state index contributed by atoms with van der Waals surface area (Å²) in [7, 11) is 0. The maximum absolute atomic E-state index is 4.68. The van der Waals surface area contributed by atoms with E-state index in [1.165, 1.54) is 0 Å². The van der Waals surface area contributed by atoms with Crippen molar-refractivity contribution in [3.8, 4) is 5.82 Å². The fourth-order valence-electron chi connectivity index (χ4n) is 3.28. The van der Waals surface area contributed by atoms with Crippen molar-refractivity contribution >= 4 is 11.8 Å². The number of anilines is 2. The highest BCUT2D eigenvalue weighted by atomic mass is 15.3. The van der Waals surface area contributed by atoms with Gasteiger partial charge in [0.1, 0.15) is 5.82 Å². The van der Waals surface area contributed by atoms with E-state index < -0.39 is 0 Å². The fraction of sp³-hybridized carbons (Fsp3) is 0.389. The highest BCUT2D eigenvalue weighted by Gasteiger charge is 2.21. The van der Waals surface area contributed by atoms with Crippen LogP contribution in [0.15, 0.2) is 36.9 Å². The van der Waals surface area contributed by atoms with Gasteiger partial charge in [0.05, 0.1) is 18.1 Å². The Morgan fingerprint density at radius 1 is 1.08 bits per heavy atom. The standard InChI is InChI=1S/C18H22N8/c1-13-10-14(2)26(24-13)17-12-19-11-16(23-17)22-15-4-8-25(9-5-15)18-20-6-3-7-21-18/h3,6-7,10-12,15H,4-5,8-9H2,1-2H3,(H,22,23). The first-order chi connectivity index (χ1) is 12.7. The highest BCUT2D eigenvalue weighted by molar-refractivity contribution is 5.38.